The van der Waals surface area contributed by atoms with Gasteiger partial charge in [-0.25, -0.2) is 4.39 Å². The maximum Gasteiger partial charge on any atom is 0.274 e. The molecule has 1 heterocycles. The maximum atomic E-state index is 13.2. The summed E-state index contributed by atoms with van der Waals surface area (Å²) >= 11 is 0. The zero-order chi connectivity index (χ0) is 15.4. The average Bonchev–Trinajstić information content (AvgIpc) is 2.97. The van der Waals surface area contributed by atoms with Crippen LogP contribution in [0.4, 0.5) is 10.1 Å². The Balaban J connectivity index is 2.00. The van der Waals surface area contributed by atoms with Gasteiger partial charge in [0.15, 0.2) is 0 Å². The van der Waals surface area contributed by atoms with Crippen LogP contribution in [-0.2, 0) is 11.3 Å². The van der Waals surface area contributed by atoms with Crippen LogP contribution >= 0.6 is 0 Å². The van der Waals surface area contributed by atoms with Crippen molar-refractivity contribution in [2.45, 2.75) is 32.4 Å². The summed E-state index contributed by atoms with van der Waals surface area (Å²) < 4.78 is 13.2. The third-order valence-corrected chi connectivity index (χ3v) is 3.63. The molecule has 0 saturated carbocycles. The molecule has 0 aromatic heterocycles. The van der Waals surface area contributed by atoms with Crippen LogP contribution in [0.25, 0.3) is 0 Å². The Hall–Kier alpha value is -2.02. The number of hydrogen-bond donors (Lipinski definition) is 1. The van der Waals surface area contributed by atoms with Crippen molar-refractivity contribution in [2.24, 2.45) is 0 Å². The molecule has 1 fully saturated rings. The predicted octanol–water partition coefficient (Wildman–Crippen LogP) is 1.83. The molecule has 7 heteroatoms. The second-order valence-corrected chi connectivity index (χ2v) is 5.17. The molecule has 21 heavy (non-hydrogen) atoms. The highest BCUT2D eigenvalue weighted by Crippen LogP contribution is 2.19. The van der Waals surface area contributed by atoms with Gasteiger partial charge in [0.25, 0.3) is 5.69 Å². The van der Waals surface area contributed by atoms with E-state index in [0.29, 0.717) is 0 Å². The quantitative estimate of drug-likeness (QED) is 0.664. The minimum Gasteiger partial charge on any atom is -0.341 e. The molecule has 0 aliphatic carbocycles. The lowest BCUT2D eigenvalue weighted by atomic mass is 10.1. The third-order valence-electron chi connectivity index (χ3n) is 3.63. The van der Waals surface area contributed by atoms with Crippen LogP contribution < -0.4 is 5.32 Å². The van der Waals surface area contributed by atoms with E-state index in [2.05, 4.69) is 5.32 Å². The molecule has 1 aromatic rings. The summed E-state index contributed by atoms with van der Waals surface area (Å²) in [5, 5.41) is 13.8. The Morgan fingerprint density at radius 3 is 2.76 bits per heavy atom. The van der Waals surface area contributed by atoms with Crippen molar-refractivity contribution in [3.8, 4) is 0 Å². The molecule has 1 amide bonds. The number of benzene rings is 1. The fourth-order valence-electron chi connectivity index (χ4n) is 2.44. The van der Waals surface area contributed by atoms with Crippen LogP contribution in [0.2, 0.25) is 0 Å². The van der Waals surface area contributed by atoms with Crippen molar-refractivity contribution in [1.29, 1.82) is 0 Å². The number of carbonyl (C=O) groups is 1. The third kappa shape index (κ3) is 3.75. The van der Waals surface area contributed by atoms with Gasteiger partial charge in [-0.2, -0.15) is 0 Å². The van der Waals surface area contributed by atoms with Crippen LogP contribution in [0.15, 0.2) is 18.2 Å². The van der Waals surface area contributed by atoms with Crippen LogP contribution in [0, 0.1) is 15.9 Å². The van der Waals surface area contributed by atoms with E-state index in [1.807, 2.05) is 0 Å². The number of rotatable bonds is 5. The maximum absolute atomic E-state index is 13.2. The highest BCUT2D eigenvalue weighted by molar-refractivity contribution is 5.81. The first-order valence-electron chi connectivity index (χ1n) is 6.94. The smallest absolute Gasteiger partial charge is 0.274 e. The molecule has 1 aliphatic heterocycles. The van der Waals surface area contributed by atoms with Gasteiger partial charge in [-0.15, -0.1) is 0 Å². The lowest BCUT2D eigenvalue weighted by Crippen LogP contribution is -2.43. The number of carbonyl (C=O) groups excluding carboxylic acids is 1. The number of likely N-dealkylation sites (tertiary alicyclic amines) is 1. The van der Waals surface area contributed by atoms with E-state index in [1.165, 1.54) is 0 Å². The van der Waals surface area contributed by atoms with Crippen LogP contribution in [0.1, 0.15) is 25.3 Å². The van der Waals surface area contributed by atoms with Crippen LogP contribution in [-0.4, -0.2) is 34.9 Å². The van der Waals surface area contributed by atoms with Crippen LogP contribution in [0.5, 0.6) is 0 Å². The van der Waals surface area contributed by atoms with Crippen molar-refractivity contribution in [1.82, 2.24) is 10.2 Å². The highest BCUT2D eigenvalue weighted by atomic mass is 19.1. The summed E-state index contributed by atoms with van der Waals surface area (Å²) in [5.74, 6) is -0.553. The first-order valence-corrected chi connectivity index (χ1v) is 6.94. The van der Waals surface area contributed by atoms with Gasteiger partial charge in [-0.05, 0) is 31.9 Å². The molecule has 1 aromatic carbocycles. The fourth-order valence-corrected chi connectivity index (χ4v) is 2.44. The molecular weight excluding hydrogens is 277 g/mol. The van der Waals surface area contributed by atoms with Gasteiger partial charge in [-0.3, -0.25) is 14.9 Å². The van der Waals surface area contributed by atoms with Crippen molar-refractivity contribution in [3.05, 3.63) is 39.7 Å². The molecule has 1 saturated heterocycles. The minimum absolute atomic E-state index is 0.0217. The predicted molar refractivity (Wildman–Crippen MR) is 75.2 cm³/mol. The molecule has 0 spiro atoms. The monoisotopic (exact) mass is 295 g/mol. The molecule has 0 radical (unpaired) electrons. The molecule has 0 bridgehead atoms. The molecule has 6 nitrogen and oxygen atoms in total. The van der Waals surface area contributed by atoms with E-state index in [0.717, 1.165) is 44.1 Å². The number of nitro benzene ring substituents is 1. The van der Waals surface area contributed by atoms with Crippen molar-refractivity contribution >= 4 is 11.6 Å². The molecule has 1 atom stereocenters. The van der Waals surface area contributed by atoms with Gasteiger partial charge < -0.3 is 10.2 Å². The number of halogens is 1. The Labute approximate surface area is 122 Å². The lowest BCUT2D eigenvalue weighted by molar-refractivity contribution is -0.385. The zero-order valence-corrected chi connectivity index (χ0v) is 11.8. The van der Waals surface area contributed by atoms with Crippen LogP contribution in [0.3, 0.4) is 0 Å². The molecule has 1 aliphatic rings. The summed E-state index contributed by atoms with van der Waals surface area (Å²) in [6.07, 6.45) is 2.02. The highest BCUT2D eigenvalue weighted by Gasteiger charge is 2.23. The summed E-state index contributed by atoms with van der Waals surface area (Å²) in [4.78, 5) is 24.2. The van der Waals surface area contributed by atoms with E-state index in [-0.39, 0.29) is 23.7 Å². The number of nitrogens with zero attached hydrogens (tertiary/aromatic N) is 2. The standard InChI is InChI=1S/C14H18FN3O3/c1-10(14(19)17-6-2-3-7-17)16-9-11-8-12(15)4-5-13(11)18(20)21/h4-5,8,10,16H,2-3,6-7,9H2,1H3. The largest absolute Gasteiger partial charge is 0.341 e. The van der Waals surface area contributed by atoms with Gasteiger partial charge in [-0.1, -0.05) is 0 Å². The van der Waals surface area contributed by atoms with Crippen molar-refractivity contribution in [3.63, 3.8) is 0 Å². The first-order chi connectivity index (χ1) is 9.99. The molecule has 114 valence electrons. The normalized spacial score (nSPS) is 16.0. The summed E-state index contributed by atoms with van der Waals surface area (Å²) in [5.41, 5.74) is 0.0887. The van der Waals surface area contributed by atoms with Gasteiger partial charge >= 0.3 is 0 Å². The average molecular weight is 295 g/mol. The summed E-state index contributed by atoms with van der Waals surface area (Å²) in [6.45, 7) is 3.30. The Morgan fingerprint density at radius 2 is 2.14 bits per heavy atom. The first kappa shape index (κ1) is 15.4. The van der Waals surface area contributed by atoms with E-state index in [1.54, 1.807) is 11.8 Å². The Bertz CT molecular complexity index is 544. The summed E-state index contributed by atoms with van der Waals surface area (Å²) in [7, 11) is 0. The van der Waals surface area contributed by atoms with Gasteiger partial charge in [0, 0.05) is 31.3 Å². The van der Waals surface area contributed by atoms with E-state index in [9.17, 15) is 19.3 Å². The fraction of sp³-hybridized carbons (Fsp3) is 0.500. The van der Waals surface area contributed by atoms with Gasteiger partial charge in [0.2, 0.25) is 5.91 Å². The second-order valence-electron chi connectivity index (χ2n) is 5.17. The van der Waals surface area contributed by atoms with Crippen molar-refractivity contribution in [2.75, 3.05) is 13.1 Å². The van der Waals surface area contributed by atoms with Gasteiger partial charge in [0.1, 0.15) is 5.82 Å². The number of nitrogens with one attached hydrogen (secondary N) is 1. The lowest BCUT2D eigenvalue weighted by Gasteiger charge is -2.21. The van der Waals surface area contributed by atoms with E-state index < -0.39 is 16.8 Å². The molecular formula is C14H18FN3O3. The topological polar surface area (TPSA) is 75.5 Å². The zero-order valence-electron chi connectivity index (χ0n) is 11.8. The Kier molecular flexibility index (Phi) is 4.85. The number of hydrogen-bond acceptors (Lipinski definition) is 4. The van der Waals surface area contributed by atoms with Gasteiger partial charge in [0.05, 0.1) is 11.0 Å². The van der Waals surface area contributed by atoms with Crippen molar-refractivity contribution < 1.29 is 14.1 Å². The SMILES string of the molecule is CC(NCc1cc(F)ccc1[N+](=O)[O-])C(=O)N1CCCC1. The second kappa shape index (κ2) is 6.62. The van der Waals surface area contributed by atoms with E-state index in [4.69, 9.17) is 0 Å². The minimum atomic E-state index is -0.552. The Morgan fingerprint density at radius 1 is 1.48 bits per heavy atom. The van der Waals surface area contributed by atoms with E-state index >= 15 is 0 Å². The molecule has 1 N–H and O–H groups in total. The number of nitro groups is 1. The number of amides is 1. The summed E-state index contributed by atoms with van der Waals surface area (Å²) in [6, 6.07) is 2.86. The molecule has 2 rings (SSSR count). The molecule has 1 unspecified atom stereocenters.